The summed E-state index contributed by atoms with van der Waals surface area (Å²) in [6.07, 6.45) is 6.41. The molecule has 0 bridgehead atoms. The first kappa shape index (κ1) is 13.8. The lowest BCUT2D eigenvalue weighted by molar-refractivity contribution is -0.148. The number of hydrogen-bond acceptors (Lipinski definition) is 3. The molecule has 4 nitrogen and oxygen atoms in total. The van der Waals surface area contributed by atoms with Crippen molar-refractivity contribution in [2.24, 2.45) is 5.41 Å². The molecule has 104 valence electrons. The monoisotopic (exact) mass is 254 g/mol. The largest absolute Gasteiger partial charge is 0.395 e. The molecule has 1 atom stereocenters. The summed E-state index contributed by atoms with van der Waals surface area (Å²) in [5, 5.41) is 12.6. The second-order valence-corrected chi connectivity index (χ2v) is 5.72. The predicted molar refractivity (Wildman–Crippen MR) is 71.3 cm³/mol. The number of aliphatic hydroxyl groups is 1. The molecule has 2 rings (SSSR count). The lowest BCUT2D eigenvalue weighted by atomic mass is 9.76. The minimum Gasteiger partial charge on any atom is -0.395 e. The SMILES string of the molecule is CCC1(C(=O)N(CCO)C2CCC2)CCCNC1. The van der Waals surface area contributed by atoms with Crippen LogP contribution in [0, 0.1) is 5.41 Å². The summed E-state index contributed by atoms with van der Waals surface area (Å²) in [4.78, 5) is 14.8. The molecule has 1 saturated carbocycles. The highest BCUT2D eigenvalue weighted by atomic mass is 16.3. The summed E-state index contributed by atoms with van der Waals surface area (Å²) >= 11 is 0. The highest BCUT2D eigenvalue weighted by molar-refractivity contribution is 5.83. The Kier molecular flexibility index (Phi) is 4.62. The molecule has 18 heavy (non-hydrogen) atoms. The van der Waals surface area contributed by atoms with Crippen LogP contribution in [-0.4, -0.2) is 48.2 Å². The minimum atomic E-state index is -0.219. The second-order valence-electron chi connectivity index (χ2n) is 5.72. The van der Waals surface area contributed by atoms with Crippen molar-refractivity contribution in [1.82, 2.24) is 10.2 Å². The molecule has 4 heteroatoms. The quantitative estimate of drug-likeness (QED) is 0.773. The van der Waals surface area contributed by atoms with E-state index in [2.05, 4.69) is 12.2 Å². The van der Waals surface area contributed by atoms with Gasteiger partial charge in [0.25, 0.3) is 0 Å². The van der Waals surface area contributed by atoms with E-state index in [1.807, 2.05) is 4.90 Å². The topological polar surface area (TPSA) is 52.6 Å². The summed E-state index contributed by atoms with van der Waals surface area (Å²) in [5.74, 6) is 0.274. The molecule has 0 aromatic carbocycles. The van der Waals surface area contributed by atoms with Gasteiger partial charge in [0.15, 0.2) is 0 Å². The molecular weight excluding hydrogens is 228 g/mol. The number of rotatable bonds is 5. The first-order chi connectivity index (χ1) is 8.73. The number of hydrogen-bond donors (Lipinski definition) is 2. The molecule has 1 unspecified atom stereocenters. The fourth-order valence-electron chi connectivity index (χ4n) is 3.16. The zero-order chi connectivity index (χ0) is 13.0. The smallest absolute Gasteiger partial charge is 0.230 e. The number of piperidine rings is 1. The molecule has 1 aliphatic heterocycles. The van der Waals surface area contributed by atoms with E-state index in [1.165, 1.54) is 6.42 Å². The molecule has 1 aliphatic carbocycles. The highest BCUT2D eigenvalue weighted by Gasteiger charge is 2.43. The third-order valence-corrected chi connectivity index (χ3v) is 4.72. The van der Waals surface area contributed by atoms with Gasteiger partial charge < -0.3 is 15.3 Å². The van der Waals surface area contributed by atoms with E-state index in [0.717, 1.165) is 45.2 Å². The number of carbonyl (C=O) groups is 1. The van der Waals surface area contributed by atoms with Crippen molar-refractivity contribution in [3.05, 3.63) is 0 Å². The van der Waals surface area contributed by atoms with Crippen LogP contribution >= 0.6 is 0 Å². The molecular formula is C14H26N2O2. The van der Waals surface area contributed by atoms with Crippen LogP contribution in [0.3, 0.4) is 0 Å². The van der Waals surface area contributed by atoms with Gasteiger partial charge in [0.2, 0.25) is 5.91 Å². The Morgan fingerprint density at radius 1 is 1.44 bits per heavy atom. The average Bonchev–Trinajstić information content (AvgIpc) is 2.36. The third-order valence-electron chi connectivity index (χ3n) is 4.72. The maximum absolute atomic E-state index is 12.9. The summed E-state index contributed by atoms with van der Waals surface area (Å²) in [6, 6.07) is 0.384. The Morgan fingerprint density at radius 2 is 2.22 bits per heavy atom. The third kappa shape index (κ3) is 2.54. The van der Waals surface area contributed by atoms with Crippen LogP contribution in [-0.2, 0) is 4.79 Å². The fourth-order valence-corrected chi connectivity index (χ4v) is 3.16. The molecule has 0 aromatic rings. The number of amides is 1. The van der Waals surface area contributed by atoms with Gasteiger partial charge in [-0.05, 0) is 45.1 Å². The Hall–Kier alpha value is -0.610. The fraction of sp³-hybridized carbons (Fsp3) is 0.929. The molecule has 1 saturated heterocycles. The average molecular weight is 254 g/mol. The van der Waals surface area contributed by atoms with Gasteiger partial charge in [-0.25, -0.2) is 0 Å². The van der Waals surface area contributed by atoms with E-state index in [1.54, 1.807) is 0 Å². The maximum atomic E-state index is 12.9. The van der Waals surface area contributed by atoms with Gasteiger partial charge >= 0.3 is 0 Å². The Morgan fingerprint density at radius 3 is 2.67 bits per heavy atom. The van der Waals surface area contributed by atoms with Crippen molar-refractivity contribution in [3.63, 3.8) is 0 Å². The van der Waals surface area contributed by atoms with Crippen molar-refractivity contribution >= 4 is 5.91 Å². The van der Waals surface area contributed by atoms with E-state index in [9.17, 15) is 9.90 Å². The maximum Gasteiger partial charge on any atom is 0.230 e. The van der Waals surface area contributed by atoms with E-state index < -0.39 is 0 Å². The van der Waals surface area contributed by atoms with Crippen LogP contribution in [0.25, 0.3) is 0 Å². The van der Waals surface area contributed by atoms with Crippen molar-refractivity contribution in [1.29, 1.82) is 0 Å². The molecule has 2 N–H and O–H groups in total. The van der Waals surface area contributed by atoms with Gasteiger partial charge in [-0.3, -0.25) is 4.79 Å². The second kappa shape index (κ2) is 6.02. The van der Waals surface area contributed by atoms with Gasteiger partial charge in [0.05, 0.1) is 12.0 Å². The van der Waals surface area contributed by atoms with Crippen LogP contribution in [0.4, 0.5) is 0 Å². The molecule has 1 amide bonds. The van der Waals surface area contributed by atoms with E-state index in [-0.39, 0.29) is 17.9 Å². The zero-order valence-electron chi connectivity index (χ0n) is 11.5. The summed E-state index contributed by atoms with van der Waals surface area (Å²) in [5.41, 5.74) is -0.219. The molecule has 0 aromatic heterocycles. The Bertz CT molecular complexity index is 284. The number of aliphatic hydroxyl groups excluding tert-OH is 1. The minimum absolute atomic E-state index is 0.0788. The van der Waals surface area contributed by atoms with Crippen LogP contribution in [0.5, 0.6) is 0 Å². The van der Waals surface area contributed by atoms with Crippen molar-refractivity contribution < 1.29 is 9.90 Å². The zero-order valence-corrected chi connectivity index (χ0v) is 11.5. The first-order valence-electron chi connectivity index (χ1n) is 7.36. The van der Waals surface area contributed by atoms with Crippen LogP contribution < -0.4 is 5.32 Å². The molecule has 0 spiro atoms. The lowest BCUT2D eigenvalue weighted by Crippen LogP contribution is -2.56. The first-order valence-corrected chi connectivity index (χ1v) is 7.36. The van der Waals surface area contributed by atoms with E-state index in [0.29, 0.717) is 12.6 Å². The molecule has 1 heterocycles. The number of nitrogens with zero attached hydrogens (tertiary/aromatic N) is 1. The van der Waals surface area contributed by atoms with Crippen LogP contribution in [0.1, 0.15) is 45.4 Å². The number of carbonyl (C=O) groups excluding carboxylic acids is 1. The van der Waals surface area contributed by atoms with Crippen molar-refractivity contribution in [3.8, 4) is 0 Å². The van der Waals surface area contributed by atoms with Crippen molar-refractivity contribution in [2.45, 2.75) is 51.5 Å². The number of nitrogens with one attached hydrogen (secondary N) is 1. The molecule has 0 radical (unpaired) electrons. The normalized spacial score (nSPS) is 28.8. The molecule has 2 aliphatic rings. The van der Waals surface area contributed by atoms with Gasteiger partial charge in [-0.2, -0.15) is 0 Å². The Labute approximate surface area is 110 Å². The summed E-state index contributed by atoms with van der Waals surface area (Å²) < 4.78 is 0. The Balaban J connectivity index is 2.09. The van der Waals surface area contributed by atoms with E-state index >= 15 is 0 Å². The highest BCUT2D eigenvalue weighted by Crippen LogP contribution is 2.35. The van der Waals surface area contributed by atoms with Crippen LogP contribution in [0.2, 0.25) is 0 Å². The predicted octanol–water partition coefficient (Wildman–Crippen LogP) is 1.14. The van der Waals surface area contributed by atoms with Gasteiger partial charge in [-0.15, -0.1) is 0 Å². The lowest BCUT2D eigenvalue weighted by Gasteiger charge is -2.45. The van der Waals surface area contributed by atoms with Gasteiger partial charge in [0.1, 0.15) is 0 Å². The summed E-state index contributed by atoms with van der Waals surface area (Å²) in [7, 11) is 0. The van der Waals surface area contributed by atoms with Crippen LogP contribution in [0.15, 0.2) is 0 Å². The summed E-state index contributed by atoms with van der Waals surface area (Å²) in [6.45, 7) is 4.53. The van der Waals surface area contributed by atoms with Gasteiger partial charge in [-0.1, -0.05) is 6.92 Å². The van der Waals surface area contributed by atoms with Crippen molar-refractivity contribution in [2.75, 3.05) is 26.2 Å². The van der Waals surface area contributed by atoms with Gasteiger partial charge in [0, 0.05) is 19.1 Å². The standard InChI is InChI=1S/C14H26N2O2/c1-2-14(7-4-8-15-11-14)13(18)16(9-10-17)12-5-3-6-12/h12,15,17H,2-11H2,1H3. The molecule has 2 fully saturated rings. The van der Waals surface area contributed by atoms with E-state index in [4.69, 9.17) is 0 Å².